The number of nitrogens with zero attached hydrogens (tertiary/aromatic N) is 3. The van der Waals surface area contributed by atoms with E-state index in [4.69, 9.17) is 22.2 Å². The number of fused-ring (bicyclic) bond motifs is 1. The van der Waals surface area contributed by atoms with Crippen LogP contribution in [0.2, 0.25) is 0 Å². The molecule has 13 heteroatoms. The maximum absolute atomic E-state index is 12.6. The second-order valence-electron chi connectivity index (χ2n) is 5.49. The minimum atomic E-state index is -1.30. The number of pyridine rings is 1. The molecule has 1 aromatic heterocycles. The second kappa shape index (κ2) is 8.67. The van der Waals surface area contributed by atoms with Crippen LogP contribution in [0.3, 0.4) is 0 Å². The third kappa shape index (κ3) is 3.86. The Morgan fingerprint density at radius 2 is 2.21 bits per heavy atom. The van der Waals surface area contributed by atoms with Crippen LogP contribution in [-0.4, -0.2) is 62.8 Å². The molecule has 0 radical (unpaired) electrons. The van der Waals surface area contributed by atoms with Crippen molar-refractivity contribution in [2.75, 3.05) is 18.6 Å². The number of rotatable bonds is 5. The van der Waals surface area contributed by atoms with Crippen LogP contribution in [0.5, 0.6) is 0 Å². The van der Waals surface area contributed by atoms with Crippen molar-refractivity contribution in [3.63, 3.8) is 0 Å². The molecule has 1 aromatic rings. The molecule has 2 atom stereocenters. The van der Waals surface area contributed by atoms with Crippen molar-refractivity contribution in [2.45, 2.75) is 11.4 Å². The zero-order valence-electron chi connectivity index (χ0n) is 14.3. The predicted molar refractivity (Wildman–Crippen MR) is 105 cm³/mol. The second-order valence-corrected chi connectivity index (χ2v) is 7.05. The predicted octanol–water partition coefficient (Wildman–Crippen LogP) is 0.371. The highest BCUT2D eigenvalue weighted by Crippen LogP contribution is 2.41. The van der Waals surface area contributed by atoms with Crippen LogP contribution >= 0.6 is 35.8 Å². The highest BCUT2D eigenvalue weighted by Gasteiger charge is 2.54. The molecule has 2 aliphatic heterocycles. The van der Waals surface area contributed by atoms with E-state index >= 15 is 0 Å². The fourth-order valence-electron chi connectivity index (χ4n) is 2.67. The van der Waals surface area contributed by atoms with Crippen molar-refractivity contribution in [2.24, 2.45) is 5.16 Å². The molecular formula is C15H15Cl2N5O5S. The van der Waals surface area contributed by atoms with E-state index in [1.807, 2.05) is 0 Å². The first-order valence-corrected chi connectivity index (χ1v) is 8.99. The molecule has 3 rings (SSSR count). The van der Waals surface area contributed by atoms with Crippen molar-refractivity contribution < 1.29 is 24.3 Å². The Hall–Kier alpha value is -2.50. The van der Waals surface area contributed by atoms with E-state index in [-0.39, 0.29) is 46.1 Å². The molecule has 10 nitrogen and oxygen atoms in total. The Bertz CT molecular complexity index is 893. The molecule has 0 aliphatic carbocycles. The van der Waals surface area contributed by atoms with Crippen LogP contribution in [0.15, 0.2) is 34.1 Å². The molecule has 28 heavy (non-hydrogen) atoms. The maximum atomic E-state index is 12.6. The summed E-state index contributed by atoms with van der Waals surface area (Å²) in [5.41, 5.74) is 5.36. The summed E-state index contributed by atoms with van der Waals surface area (Å²) in [7, 11) is 1.26. The highest BCUT2D eigenvalue weighted by molar-refractivity contribution is 8.00. The van der Waals surface area contributed by atoms with Crippen LogP contribution in [0.1, 0.15) is 5.69 Å². The van der Waals surface area contributed by atoms with E-state index in [0.29, 0.717) is 0 Å². The van der Waals surface area contributed by atoms with Gasteiger partial charge in [-0.1, -0.05) is 22.8 Å². The number of carboxylic acid groups (broad SMARTS) is 1. The van der Waals surface area contributed by atoms with E-state index in [1.54, 1.807) is 12.1 Å². The normalized spacial score (nSPS) is 21.3. The van der Waals surface area contributed by atoms with Crippen LogP contribution < -0.4 is 11.1 Å². The number of halogens is 2. The van der Waals surface area contributed by atoms with E-state index in [1.165, 1.54) is 24.9 Å². The van der Waals surface area contributed by atoms with E-state index in [2.05, 4.69) is 15.5 Å². The van der Waals surface area contributed by atoms with Gasteiger partial charge in [0.15, 0.2) is 5.71 Å². The molecule has 1 unspecified atom stereocenters. The van der Waals surface area contributed by atoms with Crippen molar-refractivity contribution in [1.29, 1.82) is 0 Å². The van der Waals surface area contributed by atoms with Gasteiger partial charge in [0.25, 0.3) is 11.8 Å². The summed E-state index contributed by atoms with van der Waals surface area (Å²) in [6.45, 7) is 0. The molecule has 0 saturated carbocycles. The molecule has 2 amide bonds. The smallest absolute Gasteiger partial charge is 0.353 e. The maximum Gasteiger partial charge on any atom is 0.353 e. The van der Waals surface area contributed by atoms with Crippen molar-refractivity contribution in [3.05, 3.63) is 34.6 Å². The zero-order chi connectivity index (χ0) is 19.7. The topological polar surface area (TPSA) is 147 Å². The number of anilines is 1. The first kappa shape index (κ1) is 21.8. The standard InChI is InChI=1S/C15H14ClN5O5S.ClH/c1-26-20-9(7-3-2-4-8(17)18-7)12(22)19-10-13(23)21-11(15(24)25)6(16)5-27-14(10)21;/h2-4,10,14H,5H2,1H3,(H2,17,18)(H,19,22)(H,24,25);1H/t10?,14-;/m0./s1. The number of thioether (sulfide) groups is 1. The summed E-state index contributed by atoms with van der Waals surface area (Å²) in [4.78, 5) is 46.1. The SMILES string of the molecule is CON=C(C(=O)NC1C(=O)N2C(C(=O)O)=C(Cl)CS[C@@H]12)c1cccc(N)n1.Cl. The molecule has 0 bridgehead atoms. The lowest BCUT2D eigenvalue weighted by atomic mass is 10.0. The van der Waals surface area contributed by atoms with Crippen LogP contribution in [-0.2, 0) is 19.2 Å². The lowest BCUT2D eigenvalue weighted by Crippen LogP contribution is -2.71. The van der Waals surface area contributed by atoms with Crippen molar-refractivity contribution in [1.82, 2.24) is 15.2 Å². The first-order valence-electron chi connectivity index (χ1n) is 7.56. The molecule has 2 aliphatic rings. The number of carboxylic acids is 1. The number of aliphatic carboxylic acids is 1. The first-order chi connectivity index (χ1) is 12.8. The van der Waals surface area contributed by atoms with Gasteiger partial charge in [-0.15, -0.1) is 24.2 Å². The minimum absolute atomic E-state index is 0. The van der Waals surface area contributed by atoms with E-state index in [9.17, 15) is 19.5 Å². The number of aromatic nitrogens is 1. The minimum Gasteiger partial charge on any atom is -0.477 e. The summed E-state index contributed by atoms with van der Waals surface area (Å²) in [5, 5.41) is 15.0. The van der Waals surface area contributed by atoms with Crippen molar-refractivity contribution >= 4 is 65.1 Å². The Balaban J connectivity index is 0.00000280. The summed E-state index contributed by atoms with van der Waals surface area (Å²) in [6.07, 6.45) is 0. The average molecular weight is 448 g/mol. The number of amides is 2. The van der Waals surface area contributed by atoms with Gasteiger partial charge < -0.3 is 21.0 Å². The number of hydrogen-bond donors (Lipinski definition) is 3. The van der Waals surface area contributed by atoms with Gasteiger partial charge in [0.2, 0.25) is 0 Å². The van der Waals surface area contributed by atoms with Gasteiger partial charge in [-0.05, 0) is 12.1 Å². The van der Waals surface area contributed by atoms with E-state index in [0.717, 1.165) is 4.90 Å². The number of nitrogens with two attached hydrogens (primary N) is 1. The molecule has 150 valence electrons. The summed E-state index contributed by atoms with van der Waals surface area (Å²) >= 11 is 7.17. The van der Waals surface area contributed by atoms with Crippen molar-refractivity contribution in [3.8, 4) is 0 Å². The third-order valence-electron chi connectivity index (χ3n) is 3.82. The summed E-state index contributed by atoms with van der Waals surface area (Å²) < 4.78 is 0. The lowest BCUT2D eigenvalue weighted by Gasteiger charge is -2.48. The van der Waals surface area contributed by atoms with Crippen LogP contribution in [0.25, 0.3) is 0 Å². The average Bonchev–Trinajstić information content (AvgIpc) is 2.63. The quantitative estimate of drug-likeness (QED) is 0.333. The van der Waals surface area contributed by atoms with Gasteiger partial charge in [-0.3, -0.25) is 14.5 Å². The number of oxime groups is 1. The Morgan fingerprint density at radius 3 is 2.82 bits per heavy atom. The molecule has 0 aromatic carbocycles. The van der Waals surface area contributed by atoms with Crippen LogP contribution in [0.4, 0.5) is 5.82 Å². The number of β-lactam (4-membered cyclic amide) rings is 1. The van der Waals surface area contributed by atoms with E-state index < -0.39 is 29.2 Å². The summed E-state index contributed by atoms with van der Waals surface area (Å²) in [5.74, 6) is -2.17. The molecule has 1 saturated heterocycles. The van der Waals surface area contributed by atoms with Gasteiger partial charge in [0.05, 0.1) is 5.03 Å². The Labute approximate surface area is 174 Å². The zero-order valence-corrected chi connectivity index (χ0v) is 16.7. The van der Waals surface area contributed by atoms with Crippen LogP contribution in [0, 0.1) is 0 Å². The number of nitrogens with one attached hydrogen (secondary N) is 1. The lowest BCUT2D eigenvalue weighted by molar-refractivity contribution is -0.150. The number of hydrogen-bond acceptors (Lipinski definition) is 8. The Morgan fingerprint density at radius 1 is 1.50 bits per heavy atom. The highest BCUT2D eigenvalue weighted by atomic mass is 35.5. The fraction of sp³-hybridized carbons (Fsp3) is 0.267. The fourth-order valence-corrected chi connectivity index (χ4v) is 4.22. The largest absolute Gasteiger partial charge is 0.477 e. The van der Waals surface area contributed by atoms with Gasteiger partial charge in [0, 0.05) is 5.75 Å². The Kier molecular flexibility index (Phi) is 6.75. The van der Waals surface area contributed by atoms with Gasteiger partial charge in [0.1, 0.15) is 35.7 Å². The molecule has 0 spiro atoms. The summed E-state index contributed by atoms with van der Waals surface area (Å²) in [6, 6.07) is 3.73. The molecular weight excluding hydrogens is 433 g/mol. The van der Waals surface area contributed by atoms with Gasteiger partial charge in [-0.2, -0.15) is 0 Å². The number of carbonyl (C=O) groups is 3. The van der Waals surface area contributed by atoms with Gasteiger partial charge >= 0.3 is 5.97 Å². The molecule has 3 heterocycles. The number of carbonyl (C=O) groups excluding carboxylic acids is 2. The monoisotopic (exact) mass is 447 g/mol. The number of nitrogen functional groups attached to an aromatic ring is 1. The molecule has 1 fully saturated rings. The van der Waals surface area contributed by atoms with Gasteiger partial charge in [-0.25, -0.2) is 9.78 Å². The third-order valence-corrected chi connectivity index (χ3v) is 5.57. The molecule has 4 N–H and O–H groups in total.